The largest absolute Gasteiger partial charge is 0.367 e. The Morgan fingerprint density at radius 3 is 3.00 bits per heavy atom. The van der Waals surface area contributed by atoms with Gasteiger partial charge >= 0.3 is 0 Å². The summed E-state index contributed by atoms with van der Waals surface area (Å²) in [7, 11) is 0. The minimum Gasteiger partial charge on any atom is -0.367 e. The SMILES string of the molecule is c1ccc(C2Nc3ccc4[nH]cnc4c3S2)nc1. The molecule has 3 aromatic rings. The fourth-order valence-corrected chi connectivity index (χ4v) is 3.38. The first-order valence-corrected chi connectivity index (χ1v) is 6.60. The van der Waals surface area contributed by atoms with Crippen LogP contribution in [0.5, 0.6) is 0 Å². The topological polar surface area (TPSA) is 53.6 Å². The molecule has 88 valence electrons. The highest BCUT2D eigenvalue weighted by atomic mass is 32.2. The van der Waals surface area contributed by atoms with E-state index in [1.807, 2.05) is 24.4 Å². The van der Waals surface area contributed by atoms with Crippen molar-refractivity contribution < 1.29 is 0 Å². The molecule has 4 nitrogen and oxygen atoms in total. The molecular formula is C13H10N4S. The van der Waals surface area contributed by atoms with Crippen molar-refractivity contribution in [3.8, 4) is 0 Å². The summed E-state index contributed by atoms with van der Waals surface area (Å²) in [6, 6.07) is 10.1. The van der Waals surface area contributed by atoms with Gasteiger partial charge in [-0.25, -0.2) is 4.98 Å². The summed E-state index contributed by atoms with van der Waals surface area (Å²) in [5.74, 6) is 0. The number of nitrogens with one attached hydrogen (secondary N) is 2. The average Bonchev–Trinajstić information content (AvgIpc) is 3.05. The van der Waals surface area contributed by atoms with E-state index < -0.39 is 0 Å². The predicted molar refractivity (Wildman–Crippen MR) is 72.6 cm³/mol. The van der Waals surface area contributed by atoms with Crippen molar-refractivity contribution in [3.05, 3.63) is 48.5 Å². The van der Waals surface area contributed by atoms with E-state index in [4.69, 9.17) is 0 Å². The van der Waals surface area contributed by atoms with Gasteiger partial charge in [0.15, 0.2) is 0 Å². The zero-order chi connectivity index (χ0) is 11.9. The van der Waals surface area contributed by atoms with Crippen molar-refractivity contribution >= 4 is 28.5 Å². The molecule has 3 heterocycles. The molecule has 0 saturated heterocycles. The van der Waals surface area contributed by atoms with Crippen LogP contribution in [-0.4, -0.2) is 15.0 Å². The van der Waals surface area contributed by atoms with Crippen molar-refractivity contribution in [2.75, 3.05) is 5.32 Å². The van der Waals surface area contributed by atoms with Crippen LogP contribution in [0.15, 0.2) is 47.8 Å². The highest BCUT2D eigenvalue weighted by Gasteiger charge is 2.26. The number of nitrogens with zero attached hydrogens (tertiary/aromatic N) is 2. The van der Waals surface area contributed by atoms with Crippen molar-refractivity contribution in [1.29, 1.82) is 0 Å². The van der Waals surface area contributed by atoms with Gasteiger partial charge in [0.2, 0.25) is 0 Å². The van der Waals surface area contributed by atoms with Gasteiger partial charge in [-0.05, 0) is 24.3 Å². The number of hydrogen-bond acceptors (Lipinski definition) is 4. The molecule has 2 aromatic heterocycles. The van der Waals surface area contributed by atoms with Gasteiger partial charge in [0.1, 0.15) is 10.9 Å². The quantitative estimate of drug-likeness (QED) is 0.700. The van der Waals surface area contributed by atoms with Crippen molar-refractivity contribution in [2.45, 2.75) is 10.3 Å². The minimum atomic E-state index is 0.170. The van der Waals surface area contributed by atoms with Gasteiger partial charge in [0.25, 0.3) is 0 Å². The fraction of sp³-hybridized carbons (Fsp3) is 0.0769. The predicted octanol–water partition coefficient (Wildman–Crippen LogP) is 3.17. The Labute approximate surface area is 108 Å². The maximum Gasteiger partial charge on any atom is 0.120 e. The lowest BCUT2D eigenvalue weighted by Crippen LogP contribution is -2.02. The van der Waals surface area contributed by atoms with E-state index in [1.54, 1.807) is 18.1 Å². The Kier molecular flexibility index (Phi) is 2.07. The number of imidazole rings is 1. The molecule has 0 spiro atoms. The lowest BCUT2D eigenvalue weighted by Gasteiger charge is -2.08. The van der Waals surface area contributed by atoms with Crippen LogP contribution in [-0.2, 0) is 0 Å². The smallest absolute Gasteiger partial charge is 0.120 e. The summed E-state index contributed by atoms with van der Waals surface area (Å²) in [5.41, 5.74) is 4.28. The molecule has 0 fully saturated rings. The monoisotopic (exact) mass is 254 g/mol. The first-order valence-electron chi connectivity index (χ1n) is 5.72. The van der Waals surface area contributed by atoms with Crippen LogP contribution in [0, 0.1) is 0 Å². The first kappa shape index (κ1) is 9.96. The number of anilines is 1. The van der Waals surface area contributed by atoms with E-state index in [1.165, 1.54) is 4.90 Å². The van der Waals surface area contributed by atoms with Crippen LogP contribution in [0.25, 0.3) is 11.0 Å². The number of rotatable bonds is 1. The summed E-state index contributed by atoms with van der Waals surface area (Å²) in [6.07, 6.45) is 3.56. The second kappa shape index (κ2) is 3.74. The molecule has 4 rings (SSSR count). The molecule has 0 bridgehead atoms. The van der Waals surface area contributed by atoms with Crippen molar-refractivity contribution in [3.63, 3.8) is 0 Å². The molecule has 2 N–H and O–H groups in total. The zero-order valence-electron chi connectivity index (χ0n) is 9.42. The zero-order valence-corrected chi connectivity index (χ0v) is 10.2. The van der Waals surface area contributed by atoms with Crippen LogP contribution in [0.1, 0.15) is 11.1 Å². The Hall–Kier alpha value is -2.01. The number of aromatic amines is 1. The molecular weight excluding hydrogens is 244 g/mol. The Morgan fingerprint density at radius 2 is 2.11 bits per heavy atom. The molecule has 18 heavy (non-hydrogen) atoms. The molecule has 1 aliphatic heterocycles. The summed E-state index contributed by atoms with van der Waals surface area (Å²) in [4.78, 5) is 13.1. The summed E-state index contributed by atoms with van der Waals surface area (Å²) < 4.78 is 0. The molecule has 0 saturated carbocycles. The van der Waals surface area contributed by atoms with Gasteiger partial charge < -0.3 is 10.3 Å². The summed E-state index contributed by atoms with van der Waals surface area (Å²) >= 11 is 1.77. The van der Waals surface area contributed by atoms with Crippen LogP contribution >= 0.6 is 11.8 Å². The van der Waals surface area contributed by atoms with E-state index in [2.05, 4.69) is 32.4 Å². The van der Waals surface area contributed by atoms with E-state index in [0.29, 0.717) is 0 Å². The van der Waals surface area contributed by atoms with Crippen molar-refractivity contribution in [2.24, 2.45) is 0 Å². The van der Waals surface area contributed by atoms with Gasteiger partial charge in [-0.3, -0.25) is 4.98 Å². The highest BCUT2D eigenvalue weighted by molar-refractivity contribution is 8.00. The number of H-pyrrole nitrogens is 1. The molecule has 1 aromatic carbocycles. The normalized spacial score (nSPS) is 17.7. The molecule has 1 aliphatic rings. The van der Waals surface area contributed by atoms with Crippen molar-refractivity contribution in [1.82, 2.24) is 15.0 Å². The Bertz CT molecular complexity index is 707. The van der Waals surface area contributed by atoms with E-state index in [0.717, 1.165) is 22.4 Å². The van der Waals surface area contributed by atoms with Gasteiger partial charge in [0.05, 0.1) is 28.1 Å². The average molecular weight is 254 g/mol. The second-order valence-corrected chi connectivity index (χ2v) is 5.25. The first-order chi connectivity index (χ1) is 8.92. The third-order valence-corrected chi connectivity index (χ3v) is 4.27. The lowest BCUT2D eigenvalue weighted by atomic mass is 10.2. The maximum absolute atomic E-state index is 4.40. The highest BCUT2D eigenvalue weighted by Crippen LogP contribution is 2.48. The third-order valence-electron chi connectivity index (χ3n) is 3.02. The Morgan fingerprint density at radius 1 is 1.11 bits per heavy atom. The molecule has 0 amide bonds. The van der Waals surface area contributed by atoms with Gasteiger partial charge in [-0.2, -0.15) is 0 Å². The number of pyridine rings is 1. The number of thioether (sulfide) groups is 1. The minimum absolute atomic E-state index is 0.170. The fourth-order valence-electron chi connectivity index (χ4n) is 2.17. The van der Waals surface area contributed by atoms with Crippen LogP contribution in [0.2, 0.25) is 0 Å². The molecule has 5 heteroatoms. The van der Waals surface area contributed by atoms with Gasteiger partial charge in [0, 0.05) is 6.20 Å². The second-order valence-electron chi connectivity index (χ2n) is 4.14. The van der Waals surface area contributed by atoms with Crippen LogP contribution in [0.3, 0.4) is 0 Å². The number of fused-ring (bicyclic) bond motifs is 3. The molecule has 0 radical (unpaired) electrons. The summed E-state index contributed by atoms with van der Waals surface area (Å²) in [5, 5.41) is 3.65. The lowest BCUT2D eigenvalue weighted by molar-refractivity contribution is 1.03. The number of hydrogen-bond donors (Lipinski definition) is 2. The van der Waals surface area contributed by atoms with Gasteiger partial charge in [-0.15, -0.1) is 0 Å². The molecule has 1 atom stereocenters. The van der Waals surface area contributed by atoms with E-state index in [-0.39, 0.29) is 5.37 Å². The van der Waals surface area contributed by atoms with Gasteiger partial charge in [-0.1, -0.05) is 17.8 Å². The van der Waals surface area contributed by atoms with E-state index in [9.17, 15) is 0 Å². The number of benzene rings is 1. The molecule has 0 aliphatic carbocycles. The number of aromatic nitrogens is 3. The summed E-state index contributed by atoms with van der Waals surface area (Å²) in [6.45, 7) is 0. The van der Waals surface area contributed by atoms with Crippen LogP contribution < -0.4 is 5.32 Å². The third kappa shape index (κ3) is 1.41. The van der Waals surface area contributed by atoms with Crippen LogP contribution in [0.4, 0.5) is 5.69 Å². The maximum atomic E-state index is 4.40. The van der Waals surface area contributed by atoms with E-state index >= 15 is 0 Å². The molecule has 1 unspecified atom stereocenters. The Balaban J connectivity index is 1.79. The standard InChI is InChI=1S/C13H10N4S/c1-2-6-14-10(3-1)13-17-9-5-4-8-11(12(9)18-13)16-7-15-8/h1-7,13,17H,(H,15,16).